The summed E-state index contributed by atoms with van der Waals surface area (Å²) in [4.78, 5) is 28.9. The number of halogens is 1. The molecule has 5 nitrogen and oxygen atoms in total. The first-order valence-electron chi connectivity index (χ1n) is 9.52. The number of benzene rings is 1. The summed E-state index contributed by atoms with van der Waals surface area (Å²) in [5.41, 5.74) is 3.52. The normalized spacial score (nSPS) is 13.6. The van der Waals surface area contributed by atoms with Gasteiger partial charge in [-0.3, -0.25) is 14.6 Å². The minimum atomic E-state index is -0.387. The number of hydrogen-bond acceptors (Lipinski definition) is 3. The van der Waals surface area contributed by atoms with Crippen LogP contribution in [0.2, 0.25) is 5.02 Å². The summed E-state index contributed by atoms with van der Waals surface area (Å²) in [5, 5.41) is 6.25. The fourth-order valence-corrected chi connectivity index (χ4v) is 3.31. The van der Waals surface area contributed by atoms with Crippen LogP contribution >= 0.6 is 11.6 Å². The van der Waals surface area contributed by atoms with Crippen molar-refractivity contribution in [3.05, 3.63) is 70.0 Å². The molecular formula is C22H24ClN3O2. The summed E-state index contributed by atoms with van der Waals surface area (Å²) in [5.74, 6) is -0.590. The van der Waals surface area contributed by atoms with Crippen molar-refractivity contribution in [1.29, 1.82) is 0 Å². The zero-order chi connectivity index (χ0) is 19.9. The Morgan fingerprint density at radius 2 is 2.00 bits per heavy atom. The van der Waals surface area contributed by atoms with Crippen LogP contribution in [0.1, 0.15) is 58.5 Å². The third-order valence-electron chi connectivity index (χ3n) is 4.80. The Hall–Kier alpha value is -2.66. The van der Waals surface area contributed by atoms with E-state index in [4.69, 9.17) is 11.6 Å². The van der Waals surface area contributed by atoms with Gasteiger partial charge in [0, 0.05) is 29.0 Å². The summed E-state index contributed by atoms with van der Waals surface area (Å²) in [6.07, 6.45) is 9.37. The van der Waals surface area contributed by atoms with Gasteiger partial charge < -0.3 is 10.6 Å². The summed E-state index contributed by atoms with van der Waals surface area (Å²) in [7, 11) is 0. The molecule has 0 bridgehead atoms. The van der Waals surface area contributed by atoms with Crippen LogP contribution in [-0.4, -0.2) is 23.3 Å². The van der Waals surface area contributed by atoms with E-state index in [9.17, 15) is 9.59 Å². The first-order valence-corrected chi connectivity index (χ1v) is 9.90. The third kappa shape index (κ3) is 5.42. The molecule has 0 saturated carbocycles. The van der Waals surface area contributed by atoms with E-state index in [1.165, 1.54) is 30.7 Å². The largest absolute Gasteiger partial charge is 0.352 e. The molecule has 1 aromatic carbocycles. The Bertz CT molecular complexity index is 908. The summed E-state index contributed by atoms with van der Waals surface area (Å²) >= 11 is 6.09. The summed E-state index contributed by atoms with van der Waals surface area (Å²) < 4.78 is 0. The molecular weight excluding hydrogens is 374 g/mol. The monoisotopic (exact) mass is 397 g/mol. The zero-order valence-corrected chi connectivity index (χ0v) is 16.7. The number of nitrogens with one attached hydrogen (secondary N) is 2. The molecule has 1 aliphatic rings. The first-order chi connectivity index (χ1) is 13.5. The van der Waals surface area contributed by atoms with Gasteiger partial charge in [0.15, 0.2) is 0 Å². The standard InChI is InChI=1S/C22H24ClN3O2/c1-15-7-8-18(14-19(15)23)26-22(28)20-13-17(10-12-24-20)21(27)25-11-9-16-5-3-2-4-6-16/h5,7-8,10,12-14H,2-4,6,9,11H2,1H3,(H,25,27)(H,26,28). The zero-order valence-electron chi connectivity index (χ0n) is 15.9. The van der Waals surface area contributed by atoms with Crippen molar-refractivity contribution >= 4 is 29.1 Å². The third-order valence-corrected chi connectivity index (χ3v) is 5.21. The summed E-state index contributed by atoms with van der Waals surface area (Å²) in [6, 6.07) is 8.40. The van der Waals surface area contributed by atoms with Crippen molar-refractivity contribution in [3.63, 3.8) is 0 Å². The molecule has 2 aromatic rings. The van der Waals surface area contributed by atoms with Crippen molar-refractivity contribution in [2.45, 2.75) is 39.0 Å². The Morgan fingerprint density at radius 3 is 2.75 bits per heavy atom. The van der Waals surface area contributed by atoms with Gasteiger partial charge in [0.1, 0.15) is 5.69 Å². The quantitative estimate of drug-likeness (QED) is 0.680. The molecule has 146 valence electrons. The van der Waals surface area contributed by atoms with E-state index in [1.54, 1.807) is 18.2 Å². The molecule has 1 aromatic heterocycles. The molecule has 6 heteroatoms. The lowest BCUT2D eigenvalue weighted by atomic mass is 9.97. The van der Waals surface area contributed by atoms with E-state index in [0.717, 1.165) is 24.8 Å². The van der Waals surface area contributed by atoms with E-state index < -0.39 is 0 Å². The van der Waals surface area contributed by atoms with Crippen LogP contribution in [-0.2, 0) is 0 Å². The number of anilines is 1. The molecule has 0 aliphatic heterocycles. The van der Waals surface area contributed by atoms with Crippen molar-refractivity contribution < 1.29 is 9.59 Å². The smallest absolute Gasteiger partial charge is 0.274 e. The molecule has 1 aliphatic carbocycles. The number of carbonyl (C=O) groups is 2. The fraction of sp³-hybridized carbons (Fsp3) is 0.318. The Balaban J connectivity index is 1.59. The SMILES string of the molecule is Cc1ccc(NC(=O)c2cc(C(=O)NCCC3=CCCCC3)ccn2)cc1Cl. The second-order valence-electron chi connectivity index (χ2n) is 6.96. The van der Waals surface area contributed by atoms with Gasteiger partial charge in [-0.25, -0.2) is 0 Å². The van der Waals surface area contributed by atoms with Crippen LogP contribution in [0, 0.1) is 6.92 Å². The average molecular weight is 398 g/mol. The van der Waals surface area contributed by atoms with Crippen molar-refractivity contribution in [2.75, 3.05) is 11.9 Å². The number of allylic oxidation sites excluding steroid dienone is 1. The topological polar surface area (TPSA) is 71.1 Å². The lowest BCUT2D eigenvalue weighted by Gasteiger charge is -2.13. The molecule has 0 radical (unpaired) electrons. The maximum Gasteiger partial charge on any atom is 0.274 e. The lowest BCUT2D eigenvalue weighted by molar-refractivity contribution is 0.0954. The Kier molecular flexibility index (Phi) is 6.82. The van der Waals surface area contributed by atoms with Gasteiger partial charge in [0.05, 0.1) is 0 Å². The average Bonchev–Trinajstić information content (AvgIpc) is 2.71. The van der Waals surface area contributed by atoms with Gasteiger partial charge in [-0.15, -0.1) is 0 Å². The lowest BCUT2D eigenvalue weighted by Crippen LogP contribution is -2.25. The van der Waals surface area contributed by atoms with Crippen LogP contribution in [0.5, 0.6) is 0 Å². The van der Waals surface area contributed by atoms with E-state index in [2.05, 4.69) is 21.7 Å². The fourth-order valence-electron chi connectivity index (χ4n) is 3.13. The Morgan fingerprint density at radius 1 is 1.14 bits per heavy atom. The molecule has 2 amide bonds. The summed E-state index contributed by atoms with van der Waals surface area (Å²) in [6.45, 7) is 2.48. The number of amides is 2. The van der Waals surface area contributed by atoms with Crippen molar-refractivity contribution in [2.24, 2.45) is 0 Å². The number of hydrogen-bond donors (Lipinski definition) is 2. The van der Waals surface area contributed by atoms with E-state index in [1.807, 2.05) is 13.0 Å². The highest BCUT2D eigenvalue weighted by Gasteiger charge is 2.13. The molecule has 0 atom stereocenters. The highest BCUT2D eigenvalue weighted by atomic mass is 35.5. The van der Waals surface area contributed by atoms with Gasteiger partial charge >= 0.3 is 0 Å². The highest BCUT2D eigenvalue weighted by Crippen LogP contribution is 2.21. The minimum Gasteiger partial charge on any atom is -0.352 e. The molecule has 0 fully saturated rings. The van der Waals surface area contributed by atoms with Crippen molar-refractivity contribution in [1.82, 2.24) is 10.3 Å². The first kappa shape index (κ1) is 20.1. The predicted molar refractivity (Wildman–Crippen MR) is 112 cm³/mol. The second-order valence-corrected chi connectivity index (χ2v) is 7.37. The van der Waals surface area contributed by atoms with Crippen LogP contribution in [0.25, 0.3) is 0 Å². The predicted octanol–water partition coefficient (Wildman–Crippen LogP) is 4.92. The van der Waals surface area contributed by atoms with Crippen LogP contribution in [0.3, 0.4) is 0 Å². The van der Waals surface area contributed by atoms with E-state index >= 15 is 0 Å². The van der Waals surface area contributed by atoms with E-state index in [-0.39, 0.29) is 17.5 Å². The van der Waals surface area contributed by atoms with Gasteiger partial charge in [0.25, 0.3) is 11.8 Å². The minimum absolute atomic E-state index is 0.180. The molecule has 0 spiro atoms. The van der Waals surface area contributed by atoms with Gasteiger partial charge in [-0.05, 0) is 68.9 Å². The number of carbonyl (C=O) groups excluding carboxylic acids is 2. The van der Waals surface area contributed by atoms with Gasteiger partial charge in [-0.2, -0.15) is 0 Å². The van der Waals surface area contributed by atoms with Crippen LogP contribution < -0.4 is 10.6 Å². The maximum atomic E-state index is 12.4. The van der Waals surface area contributed by atoms with Gasteiger partial charge in [-0.1, -0.05) is 29.3 Å². The van der Waals surface area contributed by atoms with Crippen LogP contribution in [0.15, 0.2) is 48.2 Å². The number of aryl methyl sites for hydroxylation is 1. The number of pyridine rings is 1. The number of aromatic nitrogens is 1. The molecule has 3 rings (SSSR count). The Labute approximate surface area is 170 Å². The second kappa shape index (κ2) is 9.51. The number of nitrogens with zero attached hydrogens (tertiary/aromatic N) is 1. The number of rotatable bonds is 6. The highest BCUT2D eigenvalue weighted by molar-refractivity contribution is 6.31. The molecule has 0 unspecified atom stereocenters. The molecule has 1 heterocycles. The molecule has 28 heavy (non-hydrogen) atoms. The van der Waals surface area contributed by atoms with Crippen molar-refractivity contribution in [3.8, 4) is 0 Å². The van der Waals surface area contributed by atoms with Gasteiger partial charge in [0.2, 0.25) is 0 Å². The molecule has 2 N–H and O–H groups in total. The van der Waals surface area contributed by atoms with Crippen LogP contribution in [0.4, 0.5) is 5.69 Å². The molecule has 0 saturated heterocycles. The van der Waals surface area contributed by atoms with E-state index in [0.29, 0.717) is 22.8 Å². The maximum absolute atomic E-state index is 12.4.